The Labute approximate surface area is 131 Å². The third-order valence-electron chi connectivity index (χ3n) is 3.00. The maximum atomic E-state index is 13.7. The van der Waals surface area contributed by atoms with Gasteiger partial charge in [-0.3, -0.25) is 0 Å². The van der Waals surface area contributed by atoms with E-state index in [0.717, 1.165) is 11.3 Å². The van der Waals surface area contributed by atoms with Crippen LogP contribution in [-0.4, -0.2) is 10.9 Å². The molecule has 2 rings (SSSR count). The lowest BCUT2D eigenvalue weighted by Gasteiger charge is -2.12. The standard InChI is InChI=1S/C16H16BrFOS/c1-2-20-14-7-4-11(5-8-14)16(19)9-12-3-6-13(17)10-15(12)18/h3-8,10,16,19H,2,9H2,1H3. The monoisotopic (exact) mass is 354 g/mol. The minimum atomic E-state index is -0.689. The van der Waals surface area contributed by atoms with Gasteiger partial charge in [0.25, 0.3) is 0 Å². The van der Waals surface area contributed by atoms with Crippen LogP contribution in [0, 0.1) is 5.82 Å². The summed E-state index contributed by atoms with van der Waals surface area (Å²) in [5, 5.41) is 10.2. The van der Waals surface area contributed by atoms with Gasteiger partial charge in [-0.25, -0.2) is 4.39 Å². The molecule has 106 valence electrons. The van der Waals surface area contributed by atoms with E-state index in [1.807, 2.05) is 24.3 Å². The van der Waals surface area contributed by atoms with Crippen molar-refractivity contribution in [1.29, 1.82) is 0 Å². The molecule has 0 heterocycles. The Morgan fingerprint density at radius 3 is 2.50 bits per heavy atom. The highest BCUT2D eigenvalue weighted by Gasteiger charge is 2.12. The molecule has 20 heavy (non-hydrogen) atoms. The largest absolute Gasteiger partial charge is 0.388 e. The van der Waals surface area contributed by atoms with Crippen LogP contribution >= 0.6 is 27.7 Å². The van der Waals surface area contributed by atoms with Crippen LogP contribution in [0.3, 0.4) is 0 Å². The van der Waals surface area contributed by atoms with Crippen molar-refractivity contribution in [2.24, 2.45) is 0 Å². The van der Waals surface area contributed by atoms with Crippen LogP contribution in [0.4, 0.5) is 4.39 Å². The van der Waals surface area contributed by atoms with Crippen molar-refractivity contribution in [3.63, 3.8) is 0 Å². The number of hydrogen-bond acceptors (Lipinski definition) is 2. The van der Waals surface area contributed by atoms with E-state index in [1.165, 1.54) is 11.0 Å². The van der Waals surface area contributed by atoms with E-state index < -0.39 is 6.10 Å². The Kier molecular flexibility index (Phi) is 5.64. The molecule has 2 aromatic rings. The third-order valence-corrected chi connectivity index (χ3v) is 4.39. The molecule has 0 fully saturated rings. The van der Waals surface area contributed by atoms with E-state index in [1.54, 1.807) is 23.9 Å². The molecule has 0 saturated heterocycles. The topological polar surface area (TPSA) is 20.2 Å². The Hall–Kier alpha value is -0.840. The van der Waals surface area contributed by atoms with Crippen molar-refractivity contribution in [3.05, 3.63) is 63.9 Å². The van der Waals surface area contributed by atoms with Crippen LogP contribution in [0.25, 0.3) is 0 Å². The van der Waals surface area contributed by atoms with Crippen LogP contribution in [0.1, 0.15) is 24.2 Å². The summed E-state index contributed by atoms with van der Waals surface area (Å²) in [6.45, 7) is 2.10. The maximum Gasteiger partial charge on any atom is 0.127 e. The summed E-state index contributed by atoms with van der Waals surface area (Å²) in [6.07, 6.45) is -0.411. The van der Waals surface area contributed by atoms with Crippen molar-refractivity contribution >= 4 is 27.7 Å². The SMILES string of the molecule is CCSc1ccc(C(O)Cc2ccc(Br)cc2F)cc1. The fourth-order valence-corrected chi connectivity index (χ4v) is 2.96. The average molecular weight is 355 g/mol. The number of hydrogen-bond donors (Lipinski definition) is 1. The molecular weight excluding hydrogens is 339 g/mol. The molecule has 0 spiro atoms. The second-order valence-electron chi connectivity index (χ2n) is 4.46. The van der Waals surface area contributed by atoms with Crippen LogP contribution < -0.4 is 0 Å². The molecule has 1 unspecified atom stereocenters. The Balaban J connectivity index is 2.09. The predicted molar refractivity (Wildman–Crippen MR) is 85.6 cm³/mol. The lowest BCUT2D eigenvalue weighted by molar-refractivity contribution is 0.177. The first-order valence-electron chi connectivity index (χ1n) is 6.45. The van der Waals surface area contributed by atoms with Gasteiger partial charge < -0.3 is 5.11 Å². The highest BCUT2D eigenvalue weighted by Crippen LogP contribution is 2.24. The number of aliphatic hydroxyl groups excluding tert-OH is 1. The van der Waals surface area contributed by atoms with Gasteiger partial charge in [0.1, 0.15) is 5.82 Å². The molecule has 1 N–H and O–H groups in total. The first-order valence-corrected chi connectivity index (χ1v) is 8.22. The van der Waals surface area contributed by atoms with Gasteiger partial charge in [-0.2, -0.15) is 0 Å². The highest BCUT2D eigenvalue weighted by molar-refractivity contribution is 9.10. The van der Waals surface area contributed by atoms with E-state index in [-0.39, 0.29) is 12.2 Å². The predicted octanol–water partition coefficient (Wildman–Crippen LogP) is 4.98. The van der Waals surface area contributed by atoms with E-state index in [2.05, 4.69) is 22.9 Å². The molecule has 0 amide bonds. The number of rotatable bonds is 5. The summed E-state index contributed by atoms with van der Waals surface area (Å²) < 4.78 is 14.4. The molecule has 0 saturated carbocycles. The van der Waals surface area contributed by atoms with E-state index >= 15 is 0 Å². The first kappa shape index (κ1) is 15.5. The van der Waals surface area contributed by atoms with Gasteiger partial charge in [-0.1, -0.05) is 41.1 Å². The van der Waals surface area contributed by atoms with Crippen molar-refractivity contribution in [1.82, 2.24) is 0 Å². The molecule has 0 radical (unpaired) electrons. The molecule has 1 atom stereocenters. The molecule has 0 aliphatic carbocycles. The molecule has 0 bridgehead atoms. The van der Waals surface area contributed by atoms with Crippen LogP contribution in [0.15, 0.2) is 51.8 Å². The highest BCUT2D eigenvalue weighted by atomic mass is 79.9. The fraction of sp³-hybridized carbons (Fsp3) is 0.250. The molecule has 0 aliphatic rings. The summed E-state index contributed by atoms with van der Waals surface area (Å²) in [5.74, 6) is 0.725. The Morgan fingerprint density at radius 2 is 1.90 bits per heavy atom. The zero-order valence-electron chi connectivity index (χ0n) is 11.1. The second-order valence-corrected chi connectivity index (χ2v) is 6.71. The normalized spacial score (nSPS) is 12.4. The molecule has 1 nitrogen and oxygen atoms in total. The molecule has 0 aliphatic heterocycles. The Bertz CT molecular complexity index is 571. The minimum absolute atomic E-state index is 0.277. The number of benzene rings is 2. The number of halogens is 2. The van der Waals surface area contributed by atoms with E-state index in [0.29, 0.717) is 10.0 Å². The molecule has 0 aromatic heterocycles. The van der Waals surface area contributed by atoms with E-state index in [9.17, 15) is 9.50 Å². The summed E-state index contributed by atoms with van der Waals surface area (Å²) in [5.41, 5.74) is 1.33. The third kappa shape index (κ3) is 4.08. The van der Waals surface area contributed by atoms with Crippen LogP contribution in [-0.2, 0) is 6.42 Å². The van der Waals surface area contributed by atoms with Gasteiger partial charge in [0.05, 0.1) is 6.10 Å². The summed E-state index contributed by atoms with van der Waals surface area (Å²) in [7, 11) is 0. The first-order chi connectivity index (χ1) is 9.60. The lowest BCUT2D eigenvalue weighted by atomic mass is 10.0. The van der Waals surface area contributed by atoms with Crippen molar-refractivity contribution < 1.29 is 9.50 Å². The fourth-order valence-electron chi connectivity index (χ4n) is 1.97. The van der Waals surface area contributed by atoms with Gasteiger partial charge in [0, 0.05) is 15.8 Å². The minimum Gasteiger partial charge on any atom is -0.388 e. The van der Waals surface area contributed by atoms with E-state index in [4.69, 9.17) is 0 Å². The van der Waals surface area contributed by atoms with Gasteiger partial charge in [0.2, 0.25) is 0 Å². The van der Waals surface area contributed by atoms with Crippen molar-refractivity contribution in [2.75, 3.05) is 5.75 Å². The van der Waals surface area contributed by atoms with Crippen LogP contribution in [0.2, 0.25) is 0 Å². The van der Waals surface area contributed by atoms with Crippen molar-refractivity contribution in [3.8, 4) is 0 Å². The number of thioether (sulfide) groups is 1. The maximum absolute atomic E-state index is 13.7. The second kappa shape index (κ2) is 7.25. The Morgan fingerprint density at radius 1 is 1.20 bits per heavy atom. The smallest absolute Gasteiger partial charge is 0.127 e. The van der Waals surface area contributed by atoms with Crippen molar-refractivity contribution in [2.45, 2.75) is 24.3 Å². The molecule has 4 heteroatoms. The van der Waals surface area contributed by atoms with Crippen LogP contribution in [0.5, 0.6) is 0 Å². The molecular formula is C16H16BrFOS. The quantitative estimate of drug-likeness (QED) is 0.764. The summed E-state index contributed by atoms with van der Waals surface area (Å²) in [4.78, 5) is 1.18. The van der Waals surface area contributed by atoms with Gasteiger partial charge in [0.15, 0.2) is 0 Å². The average Bonchev–Trinajstić information content (AvgIpc) is 2.43. The zero-order valence-corrected chi connectivity index (χ0v) is 13.5. The summed E-state index contributed by atoms with van der Waals surface area (Å²) in [6, 6.07) is 12.7. The van der Waals surface area contributed by atoms with Gasteiger partial charge in [-0.05, 0) is 41.1 Å². The lowest BCUT2D eigenvalue weighted by Crippen LogP contribution is -2.03. The summed E-state index contributed by atoms with van der Waals surface area (Å²) >= 11 is 4.98. The number of aliphatic hydroxyl groups is 1. The van der Waals surface area contributed by atoms with Gasteiger partial charge in [-0.15, -0.1) is 11.8 Å². The molecule has 2 aromatic carbocycles. The zero-order chi connectivity index (χ0) is 14.5. The van der Waals surface area contributed by atoms with Gasteiger partial charge >= 0.3 is 0 Å².